The standard InChI is InChI=1S/C14H23N2.HI/c1-3-16(2)12-7-10-15(11-13-16)14-8-5-4-6-9-14;/h4-6,8-9H,3,7,10-13H2,1-2H3;1H/q+1;/p-1. The molecule has 0 bridgehead atoms. The largest absolute Gasteiger partial charge is 1.00 e. The molecule has 1 fully saturated rings. The van der Waals surface area contributed by atoms with Gasteiger partial charge in [0.05, 0.1) is 33.2 Å². The first-order valence-electron chi connectivity index (χ1n) is 6.37. The molecule has 0 saturated carbocycles. The minimum atomic E-state index is 0. The van der Waals surface area contributed by atoms with Crippen LogP contribution in [0, 0.1) is 0 Å². The molecule has 17 heavy (non-hydrogen) atoms. The molecule has 1 aromatic rings. The van der Waals surface area contributed by atoms with Gasteiger partial charge in [0.1, 0.15) is 0 Å². The molecule has 0 N–H and O–H groups in total. The molecule has 1 saturated heterocycles. The predicted molar refractivity (Wildman–Crippen MR) is 69.7 cm³/mol. The topological polar surface area (TPSA) is 3.24 Å². The van der Waals surface area contributed by atoms with Crippen molar-refractivity contribution >= 4 is 5.69 Å². The van der Waals surface area contributed by atoms with E-state index in [2.05, 4.69) is 49.2 Å². The number of benzene rings is 1. The van der Waals surface area contributed by atoms with Gasteiger partial charge in [-0.3, -0.25) is 0 Å². The van der Waals surface area contributed by atoms with Crippen molar-refractivity contribution in [2.45, 2.75) is 13.3 Å². The second-order valence-electron chi connectivity index (χ2n) is 5.06. The number of likely N-dealkylation sites (N-methyl/N-ethyl adjacent to an activating group) is 1. The highest BCUT2D eigenvalue weighted by Gasteiger charge is 2.24. The Labute approximate surface area is 122 Å². The smallest absolute Gasteiger partial charge is 0.0962 e. The summed E-state index contributed by atoms with van der Waals surface area (Å²) in [5, 5.41) is 0. The fraction of sp³-hybridized carbons (Fsp3) is 0.571. The molecule has 0 spiro atoms. The zero-order valence-corrected chi connectivity index (χ0v) is 13.1. The average molecular weight is 346 g/mol. The van der Waals surface area contributed by atoms with Crippen LogP contribution in [0.4, 0.5) is 5.69 Å². The van der Waals surface area contributed by atoms with Gasteiger partial charge in [0.25, 0.3) is 0 Å². The van der Waals surface area contributed by atoms with E-state index in [1.807, 2.05) is 0 Å². The number of nitrogens with zero attached hydrogens (tertiary/aromatic N) is 2. The summed E-state index contributed by atoms with van der Waals surface area (Å²) in [4.78, 5) is 2.53. The van der Waals surface area contributed by atoms with Crippen molar-refractivity contribution in [2.75, 3.05) is 44.7 Å². The van der Waals surface area contributed by atoms with Gasteiger partial charge in [-0.25, -0.2) is 0 Å². The van der Waals surface area contributed by atoms with Crippen LogP contribution in [-0.4, -0.2) is 44.3 Å². The lowest BCUT2D eigenvalue weighted by Crippen LogP contribution is -3.00. The Morgan fingerprint density at radius 3 is 2.47 bits per heavy atom. The van der Waals surface area contributed by atoms with Crippen molar-refractivity contribution in [1.29, 1.82) is 0 Å². The van der Waals surface area contributed by atoms with Gasteiger partial charge in [0, 0.05) is 18.7 Å². The Hall–Kier alpha value is -0.290. The maximum Gasteiger partial charge on any atom is 0.0962 e. The molecule has 96 valence electrons. The summed E-state index contributed by atoms with van der Waals surface area (Å²) in [5.41, 5.74) is 1.38. The van der Waals surface area contributed by atoms with Crippen LogP contribution in [0.2, 0.25) is 0 Å². The second kappa shape index (κ2) is 6.59. The van der Waals surface area contributed by atoms with Gasteiger partial charge in [-0.2, -0.15) is 0 Å². The van der Waals surface area contributed by atoms with Crippen LogP contribution in [0.1, 0.15) is 13.3 Å². The fourth-order valence-corrected chi connectivity index (χ4v) is 2.44. The van der Waals surface area contributed by atoms with Crippen molar-refractivity contribution in [1.82, 2.24) is 0 Å². The zero-order chi connectivity index (χ0) is 11.4. The van der Waals surface area contributed by atoms with E-state index < -0.39 is 0 Å². The van der Waals surface area contributed by atoms with Gasteiger partial charge in [-0.15, -0.1) is 0 Å². The van der Waals surface area contributed by atoms with Gasteiger partial charge in [0.15, 0.2) is 0 Å². The molecule has 1 unspecified atom stereocenters. The van der Waals surface area contributed by atoms with E-state index in [0.29, 0.717) is 0 Å². The Kier molecular flexibility index (Phi) is 5.73. The molecule has 2 rings (SSSR count). The third-order valence-electron chi connectivity index (χ3n) is 3.92. The van der Waals surface area contributed by atoms with Crippen LogP contribution >= 0.6 is 0 Å². The summed E-state index contributed by atoms with van der Waals surface area (Å²) in [5.74, 6) is 0. The Morgan fingerprint density at radius 2 is 1.82 bits per heavy atom. The highest BCUT2D eigenvalue weighted by molar-refractivity contribution is 5.45. The van der Waals surface area contributed by atoms with Gasteiger partial charge >= 0.3 is 0 Å². The monoisotopic (exact) mass is 346 g/mol. The maximum atomic E-state index is 2.53. The molecule has 0 radical (unpaired) electrons. The van der Waals surface area contributed by atoms with E-state index in [-0.39, 0.29) is 24.0 Å². The molecule has 1 aliphatic heterocycles. The molecule has 0 aromatic heterocycles. The van der Waals surface area contributed by atoms with Crippen LogP contribution in [0.15, 0.2) is 30.3 Å². The minimum Gasteiger partial charge on any atom is -1.00 e. The van der Waals surface area contributed by atoms with Gasteiger partial charge < -0.3 is 33.4 Å². The first-order valence-corrected chi connectivity index (χ1v) is 6.37. The highest BCUT2D eigenvalue weighted by atomic mass is 127. The lowest BCUT2D eigenvalue weighted by Gasteiger charge is -2.32. The predicted octanol–water partition coefficient (Wildman–Crippen LogP) is -0.633. The average Bonchev–Trinajstić information content (AvgIpc) is 2.53. The van der Waals surface area contributed by atoms with E-state index in [1.165, 1.54) is 49.3 Å². The third kappa shape index (κ3) is 3.85. The summed E-state index contributed by atoms with van der Waals surface area (Å²) < 4.78 is 1.23. The first-order chi connectivity index (χ1) is 7.73. The van der Waals surface area contributed by atoms with Crippen molar-refractivity contribution in [3.05, 3.63) is 30.3 Å². The quantitative estimate of drug-likeness (QED) is 0.509. The van der Waals surface area contributed by atoms with E-state index in [4.69, 9.17) is 0 Å². The lowest BCUT2D eigenvalue weighted by molar-refractivity contribution is -0.905. The maximum absolute atomic E-state index is 2.53. The number of halogens is 1. The highest BCUT2D eigenvalue weighted by Crippen LogP contribution is 2.17. The molecule has 1 atom stereocenters. The number of hydrogen-bond acceptors (Lipinski definition) is 1. The van der Waals surface area contributed by atoms with E-state index in [1.54, 1.807) is 0 Å². The zero-order valence-electron chi connectivity index (χ0n) is 10.9. The van der Waals surface area contributed by atoms with Crippen LogP contribution in [-0.2, 0) is 0 Å². The van der Waals surface area contributed by atoms with E-state index in [0.717, 1.165) is 0 Å². The van der Waals surface area contributed by atoms with Crippen LogP contribution in [0.5, 0.6) is 0 Å². The molecule has 1 aliphatic rings. The van der Waals surface area contributed by atoms with E-state index in [9.17, 15) is 0 Å². The second-order valence-corrected chi connectivity index (χ2v) is 5.06. The molecule has 2 nitrogen and oxygen atoms in total. The molecule has 1 aromatic carbocycles. The number of quaternary nitrogens is 1. The van der Waals surface area contributed by atoms with Gasteiger partial charge in [-0.05, 0) is 19.1 Å². The Morgan fingerprint density at radius 1 is 1.12 bits per heavy atom. The number of anilines is 1. The van der Waals surface area contributed by atoms with Gasteiger partial charge in [0.2, 0.25) is 0 Å². The van der Waals surface area contributed by atoms with E-state index >= 15 is 0 Å². The Balaban J connectivity index is 0.00000144. The summed E-state index contributed by atoms with van der Waals surface area (Å²) in [6.45, 7) is 8.54. The summed E-state index contributed by atoms with van der Waals surface area (Å²) >= 11 is 0. The SMILES string of the molecule is CC[N+]1(C)CCCN(c2ccccc2)CC1.[I-]. The summed E-state index contributed by atoms with van der Waals surface area (Å²) in [7, 11) is 2.38. The third-order valence-corrected chi connectivity index (χ3v) is 3.92. The van der Waals surface area contributed by atoms with Crippen molar-refractivity contribution in [3.8, 4) is 0 Å². The van der Waals surface area contributed by atoms with Crippen molar-refractivity contribution in [3.63, 3.8) is 0 Å². The number of para-hydroxylation sites is 1. The molecule has 3 heteroatoms. The normalized spacial score (nSPS) is 24.9. The lowest BCUT2D eigenvalue weighted by atomic mass is 10.3. The summed E-state index contributed by atoms with van der Waals surface area (Å²) in [6, 6.07) is 10.8. The first kappa shape index (κ1) is 14.8. The summed E-state index contributed by atoms with van der Waals surface area (Å²) in [6.07, 6.45) is 1.30. The number of hydrogen-bond donors (Lipinski definition) is 0. The minimum absolute atomic E-state index is 0. The fourth-order valence-electron chi connectivity index (χ4n) is 2.44. The van der Waals surface area contributed by atoms with Crippen LogP contribution in [0.3, 0.4) is 0 Å². The van der Waals surface area contributed by atoms with Crippen LogP contribution in [0.25, 0.3) is 0 Å². The molecule has 1 heterocycles. The van der Waals surface area contributed by atoms with Gasteiger partial charge in [-0.1, -0.05) is 18.2 Å². The van der Waals surface area contributed by atoms with Crippen molar-refractivity contribution < 1.29 is 28.5 Å². The molecular weight excluding hydrogens is 323 g/mol. The molecule has 0 aliphatic carbocycles. The Bertz CT molecular complexity index is 328. The molecule has 0 amide bonds. The van der Waals surface area contributed by atoms with Crippen LogP contribution < -0.4 is 28.9 Å². The number of rotatable bonds is 2. The molecular formula is C14H23IN2. The van der Waals surface area contributed by atoms with Crippen molar-refractivity contribution in [2.24, 2.45) is 0 Å².